The Morgan fingerprint density at radius 3 is 3.10 bits per heavy atom. The number of nitrogens with one attached hydrogen (secondary N) is 1. The predicted molar refractivity (Wildman–Crippen MR) is 79.0 cm³/mol. The number of carbonyl (C=O) groups is 2. The average molecular weight is 292 g/mol. The van der Waals surface area contributed by atoms with Crippen LogP contribution in [0.1, 0.15) is 39.9 Å². The largest absolute Gasteiger partial charge is 0.354 e. The van der Waals surface area contributed by atoms with E-state index in [0.29, 0.717) is 26.1 Å². The van der Waals surface area contributed by atoms with E-state index >= 15 is 0 Å². The highest BCUT2D eigenvalue weighted by atomic mass is 32.1. The SMILES string of the molecule is CC1CCc2sc(C(=O)N3CCNC(=O)CC3)cc2C1. The van der Waals surface area contributed by atoms with Crippen molar-refractivity contribution in [3.05, 3.63) is 21.4 Å². The fourth-order valence-electron chi connectivity index (χ4n) is 2.94. The molecule has 3 rings (SSSR count). The van der Waals surface area contributed by atoms with E-state index in [9.17, 15) is 9.59 Å². The van der Waals surface area contributed by atoms with Gasteiger partial charge in [0, 0.05) is 30.9 Å². The minimum atomic E-state index is 0.0413. The van der Waals surface area contributed by atoms with E-state index in [1.165, 1.54) is 16.9 Å². The summed E-state index contributed by atoms with van der Waals surface area (Å²) in [4.78, 5) is 27.9. The summed E-state index contributed by atoms with van der Waals surface area (Å²) in [5, 5.41) is 2.81. The second kappa shape index (κ2) is 5.56. The smallest absolute Gasteiger partial charge is 0.264 e. The molecular formula is C15H20N2O2S. The summed E-state index contributed by atoms with van der Waals surface area (Å²) < 4.78 is 0. The molecule has 2 aliphatic rings. The van der Waals surface area contributed by atoms with E-state index in [4.69, 9.17) is 0 Å². The minimum absolute atomic E-state index is 0.0413. The third-order valence-electron chi connectivity index (χ3n) is 4.14. The molecular weight excluding hydrogens is 272 g/mol. The molecule has 1 fully saturated rings. The topological polar surface area (TPSA) is 49.4 Å². The molecule has 5 heteroatoms. The highest BCUT2D eigenvalue weighted by Crippen LogP contribution is 2.32. The minimum Gasteiger partial charge on any atom is -0.354 e. The molecule has 0 aromatic carbocycles. The summed E-state index contributed by atoms with van der Waals surface area (Å²) in [5.74, 6) is 0.855. The molecule has 1 aromatic heterocycles. The zero-order chi connectivity index (χ0) is 14.1. The lowest BCUT2D eigenvalue weighted by Crippen LogP contribution is -2.33. The van der Waals surface area contributed by atoms with Crippen molar-refractivity contribution in [3.8, 4) is 0 Å². The van der Waals surface area contributed by atoms with Gasteiger partial charge in [-0.2, -0.15) is 0 Å². The Hall–Kier alpha value is -1.36. The number of hydrogen-bond acceptors (Lipinski definition) is 3. The molecule has 2 heterocycles. The van der Waals surface area contributed by atoms with Crippen LogP contribution >= 0.6 is 11.3 Å². The first-order valence-corrected chi connectivity index (χ1v) is 8.12. The van der Waals surface area contributed by atoms with E-state index in [1.54, 1.807) is 16.2 Å². The quantitative estimate of drug-likeness (QED) is 0.858. The van der Waals surface area contributed by atoms with E-state index in [-0.39, 0.29) is 11.8 Å². The maximum atomic E-state index is 12.6. The van der Waals surface area contributed by atoms with Crippen LogP contribution in [0, 0.1) is 5.92 Å². The lowest BCUT2D eigenvalue weighted by atomic mass is 9.90. The number of aryl methyl sites for hydroxylation is 1. The highest BCUT2D eigenvalue weighted by Gasteiger charge is 2.24. The highest BCUT2D eigenvalue weighted by molar-refractivity contribution is 7.14. The normalized spacial score (nSPS) is 22.9. The van der Waals surface area contributed by atoms with Crippen molar-refractivity contribution in [1.82, 2.24) is 10.2 Å². The first-order chi connectivity index (χ1) is 9.63. The van der Waals surface area contributed by atoms with Gasteiger partial charge in [-0.1, -0.05) is 6.92 Å². The van der Waals surface area contributed by atoms with Crippen molar-refractivity contribution >= 4 is 23.2 Å². The van der Waals surface area contributed by atoms with Gasteiger partial charge in [-0.3, -0.25) is 9.59 Å². The summed E-state index contributed by atoms with van der Waals surface area (Å²) in [7, 11) is 0. The molecule has 0 bridgehead atoms. The zero-order valence-corrected chi connectivity index (χ0v) is 12.6. The molecule has 108 valence electrons. The van der Waals surface area contributed by atoms with Gasteiger partial charge in [0.2, 0.25) is 5.91 Å². The second-order valence-electron chi connectivity index (χ2n) is 5.80. The summed E-state index contributed by atoms with van der Waals surface area (Å²) in [6, 6.07) is 2.08. The van der Waals surface area contributed by atoms with Crippen LogP contribution in [0.15, 0.2) is 6.07 Å². The predicted octanol–water partition coefficient (Wildman–Crippen LogP) is 1.83. The van der Waals surface area contributed by atoms with E-state index in [0.717, 1.165) is 23.6 Å². The van der Waals surface area contributed by atoms with E-state index < -0.39 is 0 Å². The number of nitrogens with zero attached hydrogens (tertiary/aromatic N) is 1. The molecule has 1 aliphatic heterocycles. The van der Waals surface area contributed by atoms with Crippen molar-refractivity contribution in [2.24, 2.45) is 5.92 Å². The maximum Gasteiger partial charge on any atom is 0.264 e. The lowest BCUT2D eigenvalue weighted by Gasteiger charge is -2.18. The van der Waals surface area contributed by atoms with E-state index in [1.807, 2.05) is 0 Å². The number of fused-ring (bicyclic) bond motifs is 1. The van der Waals surface area contributed by atoms with Crippen LogP contribution in [0.3, 0.4) is 0 Å². The Morgan fingerprint density at radius 2 is 2.25 bits per heavy atom. The summed E-state index contributed by atoms with van der Waals surface area (Å²) in [5.41, 5.74) is 1.36. The molecule has 0 spiro atoms. The van der Waals surface area contributed by atoms with Crippen molar-refractivity contribution in [1.29, 1.82) is 0 Å². The molecule has 1 atom stereocenters. The van der Waals surface area contributed by atoms with Gasteiger partial charge in [0.1, 0.15) is 0 Å². The Kier molecular flexibility index (Phi) is 3.78. The monoisotopic (exact) mass is 292 g/mol. The van der Waals surface area contributed by atoms with Crippen LogP contribution in [-0.4, -0.2) is 36.3 Å². The lowest BCUT2D eigenvalue weighted by molar-refractivity contribution is -0.120. The number of carbonyl (C=O) groups excluding carboxylic acids is 2. The molecule has 2 amide bonds. The Bertz CT molecular complexity index is 538. The Morgan fingerprint density at radius 1 is 1.40 bits per heavy atom. The summed E-state index contributed by atoms with van der Waals surface area (Å²) in [6.45, 7) is 3.98. The molecule has 20 heavy (non-hydrogen) atoms. The molecule has 0 radical (unpaired) electrons. The third kappa shape index (κ3) is 2.73. The van der Waals surface area contributed by atoms with E-state index in [2.05, 4.69) is 18.3 Å². The fraction of sp³-hybridized carbons (Fsp3) is 0.600. The van der Waals surface area contributed by atoms with Gasteiger partial charge in [0.05, 0.1) is 4.88 Å². The van der Waals surface area contributed by atoms with Crippen molar-refractivity contribution in [3.63, 3.8) is 0 Å². The summed E-state index contributed by atoms with van der Waals surface area (Å²) >= 11 is 1.65. The van der Waals surface area contributed by atoms with Gasteiger partial charge >= 0.3 is 0 Å². The molecule has 4 nitrogen and oxygen atoms in total. The fourth-order valence-corrected chi connectivity index (χ4v) is 4.11. The van der Waals surface area contributed by atoms with Gasteiger partial charge in [-0.05, 0) is 36.8 Å². The standard InChI is InChI=1S/C15H20N2O2S/c1-10-2-3-12-11(8-10)9-13(20-12)15(19)17-6-4-14(18)16-5-7-17/h9-10H,2-8H2,1H3,(H,16,18). The molecule has 1 aromatic rings. The van der Waals surface area contributed by atoms with Crippen molar-refractivity contribution in [2.75, 3.05) is 19.6 Å². The van der Waals surface area contributed by atoms with Crippen LogP contribution in [0.25, 0.3) is 0 Å². The molecule has 1 N–H and O–H groups in total. The van der Waals surface area contributed by atoms with Crippen LogP contribution < -0.4 is 5.32 Å². The second-order valence-corrected chi connectivity index (χ2v) is 6.94. The van der Waals surface area contributed by atoms with Crippen molar-refractivity contribution < 1.29 is 9.59 Å². The van der Waals surface area contributed by atoms with Gasteiger partial charge in [0.25, 0.3) is 5.91 Å². The van der Waals surface area contributed by atoms with Crippen LogP contribution in [-0.2, 0) is 17.6 Å². The third-order valence-corrected chi connectivity index (χ3v) is 5.36. The number of amides is 2. The van der Waals surface area contributed by atoms with Gasteiger partial charge in [-0.15, -0.1) is 11.3 Å². The first-order valence-electron chi connectivity index (χ1n) is 7.31. The van der Waals surface area contributed by atoms with Crippen LogP contribution in [0.5, 0.6) is 0 Å². The molecule has 1 saturated heterocycles. The average Bonchev–Trinajstić information content (AvgIpc) is 2.72. The van der Waals surface area contributed by atoms with Crippen LogP contribution in [0.2, 0.25) is 0 Å². The molecule has 0 saturated carbocycles. The van der Waals surface area contributed by atoms with Gasteiger partial charge < -0.3 is 10.2 Å². The first kappa shape index (κ1) is 13.6. The molecule has 1 unspecified atom stereocenters. The van der Waals surface area contributed by atoms with Crippen molar-refractivity contribution in [2.45, 2.75) is 32.6 Å². The Labute approximate surface area is 123 Å². The number of rotatable bonds is 1. The number of thiophene rings is 1. The van der Waals surface area contributed by atoms with Gasteiger partial charge in [0.15, 0.2) is 0 Å². The molecule has 1 aliphatic carbocycles. The van der Waals surface area contributed by atoms with Gasteiger partial charge in [-0.25, -0.2) is 0 Å². The zero-order valence-electron chi connectivity index (χ0n) is 11.8. The summed E-state index contributed by atoms with van der Waals surface area (Å²) in [6.07, 6.45) is 3.84. The Balaban J connectivity index is 1.75. The maximum absolute atomic E-state index is 12.6. The van der Waals surface area contributed by atoms with Crippen LogP contribution in [0.4, 0.5) is 0 Å². The number of hydrogen-bond donors (Lipinski definition) is 1.